The van der Waals surface area contributed by atoms with E-state index in [4.69, 9.17) is 0 Å². The Morgan fingerprint density at radius 3 is 2.19 bits per heavy atom. The average Bonchev–Trinajstić information content (AvgIpc) is 2.50. The summed E-state index contributed by atoms with van der Waals surface area (Å²) in [7, 11) is -3.35. The van der Waals surface area contributed by atoms with Crippen molar-refractivity contribution in [2.75, 3.05) is 0 Å². The summed E-state index contributed by atoms with van der Waals surface area (Å²) in [5.74, 6) is 0.218. The number of fused-ring (bicyclic) bond motifs is 2. The Bertz CT molecular complexity index is 433. The zero-order valence-electron chi connectivity index (χ0n) is 10.4. The van der Waals surface area contributed by atoms with Gasteiger partial charge in [0.2, 0.25) is 0 Å². The summed E-state index contributed by atoms with van der Waals surface area (Å²) >= 11 is 0. The molecule has 0 unspecified atom stereocenters. The van der Waals surface area contributed by atoms with Gasteiger partial charge < -0.3 is 0 Å². The van der Waals surface area contributed by atoms with Crippen LogP contribution in [0.5, 0.6) is 0 Å². The van der Waals surface area contributed by atoms with Gasteiger partial charge in [0.25, 0.3) is 0 Å². The van der Waals surface area contributed by atoms with Crippen molar-refractivity contribution >= 4 is 15.6 Å². The summed E-state index contributed by atoms with van der Waals surface area (Å²) in [6.45, 7) is 7.27. The minimum atomic E-state index is -3.35. The molecule has 0 N–H and O–H groups in total. The average molecular weight is 244 g/mol. The Hall–Kier alpha value is -0.380. The lowest BCUT2D eigenvalue weighted by Gasteiger charge is -2.37. The monoisotopic (exact) mass is 244 g/mol. The maximum Gasteiger partial charge on any atom is 0.165 e. The van der Waals surface area contributed by atoms with E-state index in [0.717, 1.165) is 6.42 Å². The number of carbonyl (C=O) groups excluding carboxylic acids is 1. The van der Waals surface area contributed by atoms with E-state index < -0.39 is 19.8 Å². The Labute approximate surface area is 97.5 Å². The smallest absolute Gasteiger partial charge is 0.165 e. The van der Waals surface area contributed by atoms with Gasteiger partial charge in [0.15, 0.2) is 15.6 Å². The second-order valence-corrected chi connectivity index (χ2v) is 8.74. The molecule has 2 aliphatic carbocycles. The molecule has 0 aromatic carbocycles. The molecule has 2 fully saturated rings. The van der Waals surface area contributed by atoms with E-state index in [0.29, 0.717) is 12.8 Å². The summed E-state index contributed by atoms with van der Waals surface area (Å²) in [6.07, 6.45) is 1.87. The topological polar surface area (TPSA) is 51.2 Å². The molecule has 2 rings (SSSR count). The number of ketones is 1. The van der Waals surface area contributed by atoms with Gasteiger partial charge in [-0.15, -0.1) is 0 Å². The highest BCUT2D eigenvalue weighted by molar-refractivity contribution is 7.94. The van der Waals surface area contributed by atoms with Gasteiger partial charge >= 0.3 is 0 Å². The molecule has 0 saturated heterocycles. The Morgan fingerprint density at radius 2 is 1.88 bits per heavy atom. The van der Waals surface area contributed by atoms with Gasteiger partial charge in [0, 0.05) is 6.42 Å². The molecule has 0 heterocycles. The van der Waals surface area contributed by atoms with Gasteiger partial charge in [0.1, 0.15) is 4.75 Å². The number of rotatable bonds is 2. The highest BCUT2D eigenvalue weighted by atomic mass is 32.2. The Morgan fingerprint density at radius 1 is 1.31 bits per heavy atom. The van der Waals surface area contributed by atoms with Crippen molar-refractivity contribution in [2.24, 2.45) is 11.3 Å². The van der Waals surface area contributed by atoms with E-state index in [-0.39, 0.29) is 17.1 Å². The van der Waals surface area contributed by atoms with E-state index in [1.807, 2.05) is 13.8 Å². The molecule has 16 heavy (non-hydrogen) atoms. The van der Waals surface area contributed by atoms with Crippen molar-refractivity contribution in [3.8, 4) is 0 Å². The quantitative estimate of drug-likeness (QED) is 0.746. The lowest BCUT2D eigenvalue weighted by molar-refractivity contribution is -0.121. The third-order valence-electron chi connectivity index (χ3n) is 4.89. The Kier molecular flexibility index (Phi) is 2.34. The van der Waals surface area contributed by atoms with Crippen LogP contribution >= 0.6 is 0 Å². The minimum absolute atomic E-state index is 0.0394. The first-order valence-electron chi connectivity index (χ1n) is 5.94. The van der Waals surface area contributed by atoms with E-state index in [9.17, 15) is 13.2 Å². The fourth-order valence-electron chi connectivity index (χ4n) is 3.70. The summed E-state index contributed by atoms with van der Waals surface area (Å²) in [4.78, 5) is 12.1. The summed E-state index contributed by atoms with van der Waals surface area (Å²) in [6, 6.07) is 0. The van der Waals surface area contributed by atoms with Crippen LogP contribution in [0, 0.1) is 11.3 Å². The number of hydrogen-bond donors (Lipinski definition) is 0. The largest absolute Gasteiger partial charge is 0.298 e. The predicted octanol–water partition coefficient (Wildman–Crippen LogP) is 1.96. The highest BCUT2D eigenvalue weighted by Crippen LogP contribution is 2.62. The normalized spacial score (nSPS) is 37.3. The van der Waals surface area contributed by atoms with Crippen LogP contribution in [0.1, 0.15) is 47.0 Å². The van der Waals surface area contributed by atoms with Gasteiger partial charge in [-0.05, 0) is 38.0 Å². The van der Waals surface area contributed by atoms with Crippen LogP contribution in [-0.4, -0.2) is 24.2 Å². The lowest BCUT2D eigenvalue weighted by Crippen LogP contribution is -2.53. The van der Waals surface area contributed by atoms with Gasteiger partial charge in [-0.1, -0.05) is 13.8 Å². The molecular formula is C12H20O3S. The van der Waals surface area contributed by atoms with Gasteiger partial charge in [-0.3, -0.25) is 4.79 Å². The molecule has 0 aromatic rings. The van der Waals surface area contributed by atoms with E-state index in [1.54, 1.807) is 13.8 Å². The third kappa shape index (κ3) is 1.04. The van der Waals surface area contributed by atoms with Crippen LogP contribution in [0.4, 0.5) is 0 Å². The fraction of sp³-hybridized carbons (Fsp3) is 0.917. The van der Waals surface area contributed by atoms with Crippen molar-refractivity contribution in [1.29, 1.82) is 0 Å². The van der Waals surface area contributed by atoms with Crippen LogP contribution in [0.15, 0.2) is 0 Å². The maximum absolute atomic E-state index is 12.5. The standard InChI is InChI=1S/C12H20O3S/c1-8(2)16(14,15)12-6-5-9(7-10(12)13)11(12,3)4/h8-9H,5-7H2,1-4H3/t9-,12-/m0/s1. The van der Waals surface area contributed by atoms with Crippen LogP contribution in [0.3, 0.4) is 0 Å². The molecule has 2 bridgehead atoms. The van der Waals surface area contributed by atoms with Crippen molar-refractivity contribution in [2.45, 2.75) is 57.0 Å². The zero-order chi connectivity index (χ0) is 12.4. The molecule has 0 spiro atoms. The number of Topliss-reactive ketones (excluding diaryl/α,β-unsaturated/α-hetero) is 1. The molecule has 2 saturated carbocycles. The fourth-order valence-corrected chi connectivity index (χ4v) is 6.21. The SMILES string of the molecule is CC(C)S(=O)(=O)[C@@]12CC[C@@H](CC1=O)C2(C)C. The highest BCUT2D eigenvalue weighted by Gasteiger charge is 2.70. The Balaban J connectivity index is 2.65. The molecule has 92 valence electrons. The molecule has 3 nitrogen and oxygen atoms in total. The first-order valence-corrected chi connectivity index (χ1v) is 7.49. The zero-order valence-corrected chi connectivity index (χ0v) is 11.2. The van der Waals surface area contributed by atoms with Gasteiger partial charge in [0.05, 0.1) is 5.25 Å². The van der Waals surface area contributed by atoms with Gasteiger partial charge in [-0.25, -0.2) is 8.42 Å². The van der Waals surface area contributed by atoms with Crippen LogP contribution in [-0.2, 0) is 14.6 Å². The van der Waals surface area contributed by atoms with E-state index in [2.05, 4.69) is 0 Å². The number of sulfone groups is 1. The summed E-state index contributed by atoms with van der Waals surface area (Å²) in [5, 5.41) is -0.465. The first-order chi connectivity index (χ1) is 7.18. The molecule has 2 aliphatic rings. The molecule has 0 aromatic heterocycles. The summed E-state index contributed by atoms with van der Waals surface area (Å²) < 4.78 is 24.0. The van der Waals surface area contributed by atoms with Crippen LogP contribution in [0.25, 0.3) is 0 Å². The number of carbonyl (C=O) groups is 1. The van der Waals surface area contributed by atoms with Crippen LogP contribution in [0.2, 0.25) is 0 Å². The molecule has 0 amide bonds. The molecular weight excluding hydrogens is 224 g/mol. The van der Waals surface area contributed by atoms with Crippen LogP contribution < -0.4 is 0 Å². The van der Waals surface area contributed by atoms with Crippen molar-refractivity contribution < 1.29 is 13.2 Å². The van der Waals surface area contributed by atoms with Crippen molar-refractivity contribution in [3.63, 3.8) is 0 Å². The molecule has 4 heteroatoms. The van der Waals surface area contributed by atoms with Crippen molar-refractivity contribution in [1.82, 2.24) is 0 Å². The molecule has 0 aliphatic heterocycles. The van der Waals surface area contributed by atoms with Gasteiger partial charge in [-0.2, -0.15) is 0 Å². The van der Waals surface area contributed by atoms with E-state index >= 15 is 0 Å². The predicted molar refractivity (Wildman–Crippen MR) is 62.9 cm³/mol. The van der Waals surface area contributed by atoms with Crippen molar-refractivity contribution in [3.05, 3.63) is 0 Å². The first kappa shape index (κ1) is 12.1. The number of hydrogen-bond acceptors (Lipinski definition) is 3. The second kappa shape index (κ2) is 3.09. The molecule has 2 atom stereocenters. The molecule has 0 radical (unpaired) electrons. The maximum atomic E-state index is 12.5. The summed E-state index contributed by atoms with van der Waals surface area (Å²) in [5.41, 5.74) is -0.382. The third-order valence-corrected chi connectivity index (χ3v) is 8.07. The van der Waals surface area contributed by atoms with E-state index in [1.165, 1.54) is 0 Å². The lowest BCUT2D eigenvalue weighted by atomic mass is 9.81. The minimum Gasteiger partial charge on any atom is -0.298 e. The second-order valence-electron chi connectivity index (χ2n) is 6.01.